The third kappa shape index (κ3) is 3.84. The Labute approximate surface area is 134 Å². The van der Waals surface area contributed by atoms with E-state index in [1.165, 1.54) is 28.6 Å². The van der Waals surface area contributed by atoms with E-state index in [1.54, 1.807) is 0 Å². The summed E-state index contributed by atoms with van der Waals surface area (Å²) in [5.41, 5.74) is 2.47. The monoisotopic (exact) mass is 319 g/mol. The van der Waals surface area contributed by atoms with Crippen LogP contribution in [0.2, 0.25) is 0 Å². The van der Waals surface area contributed by atoms with Crippen LogP contribution in [-0.4, -0.2) is 38.8 Å². The molecule has 0 bridgehead atoms. The smallest absolute Gasteiger partial charge is 0.0693 e. The molecule has 0 saturated carbocycles. The number of hydrogen-bond acceptors (Lipinski definition) is 4. The van der Waals surface area contributed by atoms with Crippen LogP contribution < -0.4 is 5.32 Å². The molecule has 2 heterocycles. The second-order valence-corrected chi connectivity index (χ2v) is 7.54. The second-order valence-electron chi connectivity index (χ2n) is 5.24. The van der Waals surface area contributed by atoms with Crippen molar-refractivity contribution in [3.05, 3.63) is 48.3 Å². The van der Waals surface area contributed by atoms with Gasteiger partial charge in [-0.3, -0.25) is 0 Å². The van der Waals surface area contributed by atoms with Gasteiger partial charge in [0.05, 0.1) is 5.69 Å². The van der Waals surface area contributed by atoms with E-state index in [4.69, 9.17) is 0 Å². The lowest BCUT2D eigenvalue weighted by Crippen LogP contribution is -2.35. The molecule has 0 spiro atoms. The first-order valence-corrected chi connectivity index (χ1v) is 9.66. The Hall–Kier alpha value is -0.910. The van der Waals surface area contributed by atoms with Gasteiger partial charge in [0.25, 0.3) is 0 Å². The first-order valence-electron chi connectivity index (χ1n) is 7.35. The highest BCUT2D eigenvalue weighted by atomic mass is 32.2. The van der Waals surface area contributed by atoms with Gasteiger partial charge in [0.2, 0.25) is 0 Å². The van der Waals surface area contributed by atoms with Crippen molar-refractivity contribution in [2.45, 2.75) is 19.0 Å². The van der Waals surface area contributed by atoms with E-state index in [9.17, 15) is 0 Å². The van der Waals surface area contributed by atoms with Crippen LogP contribution in [-0.2, 0) is 0 Å². The zero-order chi connectivity index (χ0) is 14.5. The van der Waals surface area contributed by atoms with Crippen molar-refractivity contribution in [3.63, 3.8) is 0 Å². The number of rotatable bonds is 4. The Morgan fingerprint density at radius 3 is 2.67 bits per heavy atom. The molecule has 1 N–H and O–H groups in total. The Balaban J connectivity index is 1.76. The minimum absolute atomic E-state index is 0.328. The Bertz CT molecular complexity index is 548. The quantitative estimate of drug-likeness (QED) is 0.936. The van der Waals surface area contributed by atoms with Gasteiger partial charge in [0.1, 0.15) is 0 Å². The summed E-state index contributed by atoms with van der Waals surface area (Å²) in [5.74, 6) is 4.98. The lowest BCUT2D eigenvalue weighted by atomic mass is 10.1. The molecule has 0 amide bonds. The van der Waals surface area contributed by atoms with Gasteiger partial charge in [-0.1, -0.05) is 18.2 Å². The van der Waals surface area contributed by atoms with Crippen molar-refractivity contribution in [1.29, 1.82) is 0 Å². The third-order valence-corrected chi connectivity index (χ3v) is 6.17. The second kappa shape index (κ2) is 7.38. The molecule has 1 fully saturated rings. The highest BCUT2D eigenvalue weighted by Gasteiger charge is 2.18. The maximum atomic E-state index is 4.37. The van der Waals surface area contributed by atoms with E-state index in [-0.39, 0.29) is 0 Å². The Morgan fingerprint density at radius 2 is 1.95 bits per heavy atom. The van der Waals surface area contributed by atoms with Gasteiger partial charge in [0, 0.05) is 47.5 Å². The van der Waals surface area contributed by atoms with Crippen molar-refractivity contribution in [1.82, 2.24) is 15.1 Å². The molecule has 1 aliphatic rings. The molecule has 2 aromatic rings. The third-order valence-electron chi connectivity index (χ3n) is 3.65. The molecule has 1 atom stereocenters. The normalized spacial score (nSPS) is 18.3. The van der Waals surface area contributed by atoms with Crippen LogP contribution >= 0.6 is 23.5 Å². The summed E-state index contributed by atoms with van der Waals surface area (Å²) >= 11 is 4.12. The summed E-state index contributed by atoms with van der Waals surface area (Å²) in [5, 5.41) is 8.17. The van der Waals surface area contributed by atoms with E-state index in [0.29, 0.717) is 12.1 Å². The largest absolute Gasteiger partial charge is 0.306 e. The minimum Gasteiger partial charge on any atom is -0.306 e. The van der Waals surface area contributed by atoms with Crippen molar-refractivity contribution in [3.8, 4) is 5.69 Å². The van der Waals surface area contributed by atoms with E-state index < -0.39 is 0 Å². The maximum absolute atomic E-state index is 4.37. The summed E-state index contributed by atoms with van der Waals surface area (Å²) in [6.07, 6.45) is 3.83. The molecule has 3 rings (SSSR count). The SMILES string of the molecule is CC(NC1CSCCSC1)c1ccccc1-n1cccn1. The molecular weight excluding hydrogens is 298 g/mol. The van der Waals surface area contributed by atoms with Crippen LogP contribution in [0.5, 0.6) is 0 Å². The number of nitrogens with zero attached hydrogens (tertiary/aromatic N) is 2. The first kappa shape index (κ1) is 15.0. The fraction of sp³-hybridized carbons (Fsp3) is 0.438. The van der Waals surface area contributed by atoms with E-state index >= 15 is 0 Å². The summed E-state index contributed by atoms with van der Waals surface area (Å²) in [4.78, 5) is 0. The molecule has 1 aliphatic heterocycles. The number of para-hydroxylation sites is 1. The highest BCUT2D eigenvalue weighted by Crippen LogP contribution is 2.24. The highest BCUT2D eigenvalue weighted by molar-refractivity contribution is 8.03. The standard InChI is InChI=1S/C16H21N3S2/c1-13(18-14-11-20-9-10-21-12-14)15-5-2-3-6-16(15)19-8-4-7-17-19/h2-8,13-14,18H,9-12H2,1H3. The number of aromatic nitrogens is 2. The molecular formula is C16H21N3S2. The zero-order valence-corrected chi connectivity index (χ0v) is 13.9. The lowest BCUT2D eigenvalue weighted by molar-refractivity contribution is 0.514. The molecule has 0 radical (unpaired) electrons. The van der Waals surface area contributed by atoms with Crippen LogP contribution in [0.25, 0.3) is 5.69 Å². The van der Waals surface area contributed by atoms with Crippen LogP contribution in [0, 0.1) is 0 Å². The first-order chi connectivity index (χ1) is 10.3. The molecule has 1 aromatic heterocycles. The van der Waals surface area contributed by atoms with Crippen molar-refractivity contribution < 1.29 is 0 Å². The number of nitrogens with one attached hydrogen (secondary N) is 1. The molecule has 1 unspecified atom stereocenters. The van der Waals surface area contributed by atoms with Gasteiger partial charge in [-0.15, -0.1) is 0 Å². The van der Waals surface area contributed by atoms with Gasteiger partial charge < -0.3 is 5.32 Å². The Kier molecular flexibility index (Phi) is 5.27. The van der Waals surface area contributed by atoms with Gasteiger partial charge >= 0.3 is 0 Å². The summed E-state index contributed by atoms with van der Waals surface area (Å²) in [6, 6.07) is 11.4. The maximum Gasteiger partial charge on any atom is 0.0693 e. The average molecular weight is 319 g/mol. The molecule has 1 saturated heterocycles. The van der Waals surface area contributed by atoms with E-state index in [2.05, 4.69) is 65.1 Å². The Morgan fingerprint density at radius 1 is 1.19 bits per heavy atom. The van der Waals surface area contributed by atoms with E-state index in [0.717, 1.165) is 5.69 Å². The molecule has 21 heavy (non-hydrogen) atoms. The van der Waals surface area contributed by atoms with Crippen LogP contribution in [0.4, 0.5) is 0 Å². The van der Waals surface area contributed by atoms with Crippen LogP contribution in [0.3, 0.4) is 0 Å². The molecule has 5 heteroatoms. The van der Waals surface area contributed by atoms with Crippen molar-refractivity contribution >= 4 is 23.5 Å². The topological polar surface area (TPSA) is 29.9 Å². The fourth-order valence-corrected chi connectivity index (χ4v) is 5.05. The molecule has 1 aromatic carbocycles. The minimum atomic E-state index is 0.328. The number of hydrogen-bond donors (Lipinski definition) is 1. The van der Waals surface area contributed by atoms with Gasteiger partial charge in [-0.25, -0.2) is 4.68 Å². The average Bonchev–Trinajstić information content (AvgIpc) is 2.93. The number of benzene rings is 1. The summed E-state index contributed by atoms with van der Waals surface area (Å²) in [6.45, 7) is 2.25. The number of thioether (sulfide) groups is 2. The van der Waals surface area contributed by atoms with Crippen LogP contribution in [0.1, 0.15) is 18.5 Å². The fourth-order valence-electron chi connectivity index (χ4n) is 2.63. The van der Waals surface area contributed by atoms with Gasteiger partial charge in [-0.05, 0) is 24.6 Å². The van der Waals surface area contributed by atoms with Crippen molar-refractivity contribution in [2.24, 2.45) is 0 Å². The lowest BCUT2D eigenvalue weighted by Gasteiger charge is -2.23. The predicted octanol–water partition coefficient (Wildman–Crippen LogP) is 3.37. The zero-order valence-electron chi connectivity index (χ0n) is 12.2. The molecule has 3 nitrogen and oxygen atoms in total. The molecule has 0 aliphatic carbocycles. The predicted molar refractivity (Wildman–Crippen MR) is 93.6 cm³/mol. The van der Waals surface area contributed by atoms with Gasteiger partial charge in [0.15, 0.2) is 0 Å². The van der Waals surface area contributed by atoms with E-state index in [1.807, 2.05) is 23.1 Å². The molecule has 112 valence electrons. The summed E-state index contributed by atoms with van der Waals surface area (Å²) in [7, 11) is 0. The van der Waals surface area contributed by atoms with Crippen molar-refractivity contribution in [2.75, 3.05) is 23.0 Å². The summed E-state index contributed by atoms with van der Waals surface area (Å²) < 4.78 is 1.95. The van der Waals surface area contributed by atoms with Crippen LogP contribution in [0.15, 0.2) is 42.7 Å². The van der Waals surface area contributed by atoms with Gasteiger partial charge in [-0.2, -0.15) is 28.6 Å².